The monoisotopic (exact) mass is 384 g/mol. The van der Waals surface area contributed by atoms with Crippen molar-refractivity contribution >= 4 is 23.1 Å². The molecular weight excluding hydrogens is 368 g/mol. The maximum atomic E-state index is 5.78. The lowest BCUT2D eigenvalue weighted by molar-refractivity contribution is 0.466. The van der Waals surface area contributed by atoms with Crippen LogP contribution >= 0.6 is 23.1 Å². The minimum Gasteiger partial charge on any atom is -0.441 e. The molecule has 0 atom stereocenters. The molecule has 0 aliphatic heterocycles. The van der Waals surface area contributed by atoms with Crippen molar-refractivity contribution in [1.82, 2.24) is 20.2 Å². The first-order valence-electron chi connectivity index (χ1n) is 8.02. The molecule has 0 radical (unpaired) electrons. The summed E-state index contributed by atoms with van der Waals surface area (Å²) in [7, 11) is 0. The normalized spacial score (nSPS) is 11.2. The van der Waals surface area contributed by atoms with E-state index in [1.807, 2.05) is 51.1 Å². The highest BCUT2D eigenvalue weighted by atomic mass is 32.2. The number of nitrogens with zero attached hydrogens (tertiary/aromatic N) is 4. The molecule has 3 aromatic heterocycles. The maximum Gasteiger partial charge on any atom is 0.277 e. The van der Waals surface area contributed by atoms with Crippen molar-refractivity contribution in [2.24, 2.45) is 0 Å². The standard InChI is InChI=1S/C18H16N4O2S2/c1-10-15(26-12(3)19-10)17-21-22-18(24-17)25-9-14-11(2)23-16(20-14)13-7-5-4-6-8-13/h4-8H,9H2,1-3H3. The SMILES string of the molecule is Cc1nc(C)c(-c2nnc(SCc3nc(-c4ccccc4)oc3C)o2)s1. The summed E-state index contributed by atoms with van der Waals surface area (Å²) in [5, 5.41) is 9.75. The Kier molecular flexibility index (Phi) is 4.60. The molecule has 0 aliphatic carbocycles. The number of hydrogen-bond donors (Lipinski definition) is 0. The van der Waals surface area contributed by atoms with E-state index in [4.69, 9.17) is 8.83 Å². The third-order valence-electron chi connectivity index (χ3n) is 3.75. The van der Waals surface area contributed by atoms with Crippen molar-refractivity contribution < 1.29 is 8.83 Å². The van der Waals surface area contributed by atoms with Crippen molar-refractivity contribution in [1.29, 1.82) is 0 Å². The number of aryl methyl sites for hydroxylation is 3. The number of aromatic nitrogens is 4. The first-order chi connectivity index (χ1) is 12.6. The van der Waals surface area contributed by atoms with E-state index >= 15 is 0 Å². The van der Waals surface area contributed by atoms with E-state index in [0.29, 0.717) is 22.8 Å². The van der Waals surface area contributed by atoms with Crippen LogP contribution in [0.4, 0.5) is 0 Å². The highest BCUT2D eigenvalue weighted by molar-refractivity contribution is 7.98. The number of thiazole rings is 1. The smallest absolute Gasteiger partial charge is 0.277 e. The molecule has 0 amide bonds. The zero-order valence-electron chi connectivity index (χ0n) is 14.5. The van der Waals surface area contributed by atoms with Crippen LogP contribution in [0.5, 0.6) is 0 Å². The Hall–Kier alpha value is -2.45. The van der Waals surface area contributed by atoms with E-state index in [1.165, 1.54) is 11.8 Å². The van der Waals surface area contributed by atoms with Crippen LogP contribution in [0.15, 0.2) is 44.4 Å². The van der Waals surface area contributed by atoms with E-state index in [9.17, 15) is 0 Å². The summed E-state index contributed by atoms with van der Waals surface area (Å²) < 4.78 is 11.6. The van der Waals surface area contributed by atoms with E-state index in [2.05, 4.69) is 20.2 Å². The average Bonchev–Trinajstić information content (AvgIpc) is 3.33. The molecular formula is C18H16N4O2S2. The molecule has 0 unspecified atom stereocenters. The van der Waals surface area contributed by atoms with Gasteiger partial charge in [-0.25, -0.2) is 9.97 Å². The van der Waals surface area contributed by atoms with E-state index in [1.54, 1.807) is 11.3 Å². The van der Waals surface area contributed by atoms with Crippen molar-refractivity contribution in [3.05, 3.63) is 52.5 Å². The van der Waals surface area contributed by atoms with Crippen molar-refractivity contribution in [2.75, 3.05) is 0 Å². The molecule has 3 heterocycles. The number of hydrogen-bond acceptors (Lipinski definition) is 8. The Balaban J connectivity index is 1.48. The van der Waals surface area contributed by atoms with Gasteiger partial charge in [-0.3, -0.25) is 0 Å². The van der Waals surface area contributed by atoms with Gasteiger partial charge in [-0.2, -0.15) is 0 Å². The summed E-state index contributed by atoms with van der Waals surface area (Å²) in [4.78, 5) is 9.91. The summed E-state index contributed by atoms with van der Waals surface area (Å²) >= 11 is 3.00. The highest BCUT2D eigenvalue weighted by Gasteiger charge is 2.17. The van der Waals surface area contributed by atoms with Gasteiger partial charge in [0.15, 0.2) is 0 Å². The lowest BCUT2D eigenvalue weighted by atomic mass is 10.2. The quantitative estimate of drug-likeness (QED) is 0.445. The number of oxazole rings is 1. The fraction of sp³-hybridized carbons (Fsp3) is 0.222. The molecule has 0 aliphatic rings. The summed E-state index contributed by atoms with van der Waals surface area (Å²) in [6.07, 6.45) is 0. The lowest BCUT2D eigenvalue weighted by Gasteiger charge is -1.93. The van der Waals surface area contributed by atoms with E-state index < -0.39 is 0 Å². The van der Waals surface area contributed by atoms with Crippen LogP contribution < -0.4 is 0 Å². The van der Waals surface area contributed by atoms with Gasteiger partial charge >= 0.3 is 0 Å². The first-order valence-corrected chi connectivity index (χ1v) is 9.83. The van der Waals surface area contributed by atoms with Crippen molar-refractivity contribution in [3.8, 4) is 22.2 Å². The number of benzene rings is 1. The summed E-state index contributed by atoms with van der Waals surface area (Å²) in [6, 6.07) is 9.85. The van der Waals surface area contributed by atoms with Crippen LogP contribution in [-0.4, -0.2) is 20.2 Å². The Bertz CT molecular complexity index is 1040. The maximum absolute atomic E-state index is 5.78. The zero-order valence-corrected chi connectivity index (χ0v) is 16.1. The first kappa shape index (κ1) is 17.0. The van der Waals surface area contributed by atoms with Crippen LogP contribution in [0.1, 0.15) is 22.2 Å². The predicted octanol–water partition coefficient (Wildman–Crippen LogP) is 5.07. The second kappa shape index (κ2) is 7.05. The molecule has 1 aromatic carbocycles. The molecule has 0 N–H and O–H groups in total. The molecule has 0 saturated heterocycles. The number of rotatable bonds is 5. The van der Waals surface area contributed by atoms with Gasteiger partial charge in [0.1, 0.15) is 10.6 Å². The molecule has 4 aromatic rings. The van der Waals surface area contributed by atoms with Gasteiger partial charge < -0.3 is 8.83 Å². The topological polar surface area (TPSA) is 77.8 Å². The molecule has 132 valence electrons. The Morgan fingerprint density at radius 3 is 2.50 bits per heavy atom. The summed E-state index contributed by atoms with van der Waals surface area (Å²) in [6.45, 7) is 5.82. The van der Waals surface area contributed by atoms with Crippen LogP contribution in [0.25, 0.3) is 22.2 Å². The van der Waals surface area contributed by atoms with Gasteiger partial charge in [-0.15, -0.1) is 21.5 Å². The molecule has 0 fully saturated rings. The van der Waals surface area contributed by atoms with E-state index in [-0.39, 0.29) is 0 Å². The minimum absolute atomic E-state index is 0.508. The minimum atomic E-state index is 0.508. The largest absolute Gasteiger partial charge is 0.441 e. The third-order valence-corrected chi connectivity index (χ3v) is 5.64. The Labute approximate surface area is 158 Å². The van der Waals surface area contributed by atoms with Gasteiger partial charge in [-0.1, -0.05) is 30.0 Å². The molecule has 0 spiro atoms. The molecule has 0 bridgehead atoms. The Morgan fingerprint density at radius 1 is 0.962 bits per heavy atom. The van der Waals surface area contributed by atoms with Crippen LogP contribution in [0.2, 0.25) is 0 Å². The second-order valence-corrected chi connectivity index (χ2v) is 7.83. The van der Waals surface area contributed by atoms with Crippen LogP contribution in [0.3, 0.4) is 0 Å². The number of thioether (sulfide) groups is 1. The van der Waals surface area contributed by atoms with Gasteiger partial charge in [0.2, 0.25) is 5.89 Å². The zero-order chi connectivity index (χ0) is 18.1. The molecule has 26 heavy (non-hydrogen) atoms. The second-order valence-electron chi connectivity index (χ2n) is 5.70. The molecule has 8 heteroatoms. The van der Waals surface area contributed by atoms with Gasteiger partial charge in [0.05, 0.1) is 16.4 Å². The Morgan fingerprint density at radius 2 is 1.77 bits per heavy atom. The molecule has 4 rings (SSSR count). The average molecular weight is 384 g/mol. The van der Waals surface area contributed by atoms with Crippen molar-refractivity contribution in [3.63, 3.8) is 0 Å². The predicted molar refractivity (Wildman–Crippen MR) is 101 cm³/mol. The summed E-state index contributed by atoms with van der Waals surface area (Å²) in [5.74, 6) is 2.54. The van der Waals surface area contributed by atoms with Gasteiger partial charge in [0.25, 0.3) is 11.1 Å². The molecule has 6 nitrogen and oxygen atoms in total. The fourth-order valence-corrected chi connectivity index (χ4v) is 4.09. The van der Waals surface area contributed by atoms with Crippen LogP contribution in [0, 0.1) is 20.8 Å². The van der Waals surface area contributed by atoms with Gasteiger partial charge in [-0.05, 0) is 32.9 Å². The summed E-state index contributed by atoms with van der Waals surface area (Å²) in [5.41, 5.74) is 2.74. The lowest BCUT2D eigenvalue weighted by Crippen LogP contribution is -1.84. The van der Waals surface area contributed by atoms with Gasteiger partial charge in [0, 0.05) is 11.3 Å². The van der Waals surface area contributed by atoms with E-state index in [0.717, 1.165) is 32.6 Å². The fourth-order valence-electron chi connectivity index (χ4n) is 2.49. The third kappa shape index (κ3) is 3.42. The highest BCUT2D eigenvalue weighted by Crippen LogP contribution is 2.32. The van der Waals surface area contributed by atoms with Crippen LogP contribution in [-0.2, 0) is 5.75 Å². The van der Waals surface area contributed by atoms with Crippen molar-refractivity contribution in [2.45, 2.75) is 31.7 Å². The molecule has 0 saturated carbocycles.